The molecule has 0 bridgehead atoms. The summed E-state index contributed by atoms with van der Waals surface area (Å²) in [6, 6.07) is 17.2. The summed E-state index contributed by atoms with van der Waals surface area (Å²) in [6.45, 7) is 5.15. The minimum atomic E-state index is -0.152. The summed E-state index contributed by atoms with van der Waals surface area (Å²) in [5, 5.41) is 0. The van der Waals surface area contributed by atoms with E-state index < -0.39 is 0 Å². The SMILES string of the molecule is CC(=O)N(CC(=O)N1CCN(C)CC1)c1ccc(OCc2ccccc2)cc1. The topological polar surface area (TPSA) is 53.1 Å². The number of hydrogen-bond donors (Lipinski definition) is 0. The van der Waals surface area contributed by atoms with Gasteiger partial charge < -0.3 is 19.4 Å². The van der Waals surface area contributed by atoms with Crippen molar-refractivity contribution in [2.45, 2.75) is 13.5 Å². The van der Waals surface area contributed by atoms with Crippen molar-refractivity contribution >= 4 is 17.5 Å². The maximum absolute atomic E-state index is 12.6. The van der Waals surface area contributed by atoms with Crippen molar-refractivity contribution in [2.24, 2.45) is 0 Å². The molecule has 0 aliphatic carbocycles. The molecule has 0 saturated carbocycles. The Hall–Kier alpha value is -2.86. The van der Waals surface area contributed by atoms with Crippen molar-refractivity contribution < 1.29 is 14.3 Å². The molecule has 6 nitrogen and oxygen atoms in total. The van der Waals surface area contributed by atoms with Gasteiger partial charge in [0, 0.05) is 38.8 Å². The average molecular weight is 381 g/mol. The number of ether oxygens (including phenoxy) is 1. The van der Waals surface area contributed by atoms with Gasteiger partial charge in [-0.25, -0.2) is 0 Å². The molecular weight excluding hydrogens is 354 g/mol. The fraction of sp³-hybridized carbons (Fsp3) is 0.364. The van der Waals surface area contributed by atoms with Crippen LogP contribution < -0.4 is 9.64 Å². The van der Waals surface area contributed by atoms with Crippen molar-refractivity contribution in [3.8, 4) is 5.75 Å². The van der Waals surface area contributed by atoms with Crippen LogP contribution in [-0.2, 0) is 16.2 Å². The lowest BCUT2D eigenvalue weighted by atomic mass is 10.2. The van der Waals surface area contributed by atoms with Crippen LogP contribution in [-0.4, -0.2) is 61.4 Å². The zero-order valence-electron chi connectivity index (χ0n) is 16.5. The Morgan fingerprint density at radius 1 is 0.964 bits per heavy atom. The molecule has 2 amide bonds. The lowest BCUT2D eigenvalue weighted by molar-refractivity contribution is -0.132. The van der Waals surface area contributed by atoms with E-state index in [0.717, 1.165) is 24.4 Å². The van der Waals surface area contributed by atoms with Crippen LogP contribution in [0.5, 0.6) is 5.75 Å². The smallest absolute Gasteiger partial charge is 0.242 e. The summed E-state index contributed by atoms with van der Waals surface area (Å²) in [5.41, 5.74) is 1.79. The summed E-state index contributed by atoms with van der Waals surface area (Å²) in [7, 11) is 2.05. The predicted octanol–water partition coefficient (Wildman–Crippen LogP) is 2.39. The van der Waals surface area contributed by atoms with Gasteiger partial charge in [-0.1, -0.05) is 30.3 Å². The molecule has 1 saturated heterocycles. The predicted molar refractivity (Wildman–Crippen MR) is 109 cm³/mol. The molecule has 0 radical (unpaired) electrons. The van der Waals surface area contributed by atoms with Gasteiger partial charge in [0.1, 0.15) is 18.9 Å². The highest BCUT2D eigenvalue weighted by Gasteiger charge is 2.23. The van der Waals surface area contributed by atoms with Crippen molar-refractivity contribution in [3.05, 3.63) is 60.2 Å². The lowest BCUT2D eigenvalue weighted by Crippen LogP contribution is -2.50. The van der Waals surface area contributed by atoms with Gasteiger partial charge in [-0.3, -0.25) is 9.59 Å². The summed E-state index contributed by atoms with van der Waals surface area (Å²) >= 11 is 0. The highest BCUT2D eigenvalue weighted by atomic mass is 16.5. The molecule has 3 rings (SSSR count). The number of hydrogen-bond acceptors (Lipinski definition) is 4. The molecule has 1 aliphatic heterocycles. The molecule has 0 unspecified atom stereocenters. The van der Waals surface area contributed by atoms with Crippen LogP contribution in [0.4, 0.5) is 5.69 Å². The first-order chi connectivity index (χ1) is 13.5. The highest BCUT2D eigenvalue weighted by Crippen LogP contribution is 2.21. The first kappa shape index (κ1) is 19.9. The van der Waals surface area contributed by atoms with Gasteiger partial charge in [0.25, 0.3) is 0 Å². The van der Waals surface area contributed by atoms with Gasteiger partial charge >= 0.3 is 0 Å². The number of anilines is 1. The molecule has 6 heteroatoms. The standard InChI is InChI=1S/C22H27N3O3/c1-18(26)25(16-22(27)24-14-12-23(2)13-15-24)20-8-10-21(11-9-20)28-17-19-6-4-3-5-7-19/h3-11H,12-17H2,1-2H3. The van der Waals surface area contributed by atoms with E-state index in [-0.39, 0.29) is 18.4 Å². The van der Waals surface area contributed by atoms with Crippen molar-refractivity contribution in [1.82, 2.24) is 9.80 Å². The molecule has 0 atom stereocenters. The van der Waals surface area contributed by atoms with E-state index >= 15 is 0 Å². The van der Waals surface area contributed by atoms with Crippen LogP contribution in [0.3, 0.4) is 0 Å². The van der Waals surface area contributed by atoms with Crippen LogP contribution in [0.15, 0.2) is 54.6 Å². The van der Waals surface area contributed by atoms with E-state index in [0.29, 0.717) is 25.4 Å². The number of carbonyl (C=O) groups is 2. The van der Waals surface area contributed by atoms with Gasteiger partial charge in [-0.2, -0.15) is 0 Å². The third-order valence-corrected chi connectivity index (χ3v) is 4.93. The van der Waals surface area contributed by atoms with Crippen LogP contribution in [0.25, 0.3) is 0 Å². The van der Waals surface area contributed by atoms with Gasteiger partial charge in [0.15, 0.2) is 0 Å². The number of nitrogens with zero attached hydrogens (tertiary/aromatic N) is 3. The lowest BCUT2D eigenvalue weighted by Gasteiger charge is -2.33. The van der Waals surface area contributed by atoms with E-state index in [9.17, 15) is 9.59 Å². The largest absolute Gasteiger partial charge is 0.489 e. The number of rotatable bonds is 6. The highest BCUT2D eigenvalue weighted by molar-refractivity contribution is 5.97. The van der Waals surface area contributed by atoms with Crippen molar-refractivity contribution in [1.29, 1.82) is 0 Å². The van der Waals surface area contributed by atoms with Gasteiger partial charge in [0.05, 0.1) is 0 Å². The molecule has 0 aromatic heterocycles. The summed E-state index contributed by atoms with van der Waals surface area (Å²) < 4.78 is 5.79. The van der Waals surface area contributed by atoms with Crippen molar-refractivity contribution in [2.75, 3.05) is 44.7 Å². The number of amides is 2. The fourth-order valence-corrected chi connectivity index (χ4v) is 3.14. The Kier molecular flexibility index (Phi) is 6.66. The molecular formula is C22H27N3O3. The van der Waals surface area contributed by atoms with E-state index in [1.807, 2.05) is 66.5 Å². The quantitative estimate of drug-likeness (QED) is 0.771. The summed E-state index contributed by atoms with van der Waals surface area (Å²) in [5.74, 6) is 0.551. The number of likely N-dealkylation sites (N-methyl/N-ethyl adjacent to an activating group) is 1. The molecule has 2 aromatic rings. The third kappa shape index (κ3) is 5.33. The van der Waals surface area contributed by atoms with Crippen LogP contribution in [0, 0.1) is 0 Å². The van der Waals surface area contributed by atoms with E-state index in [4.69, 9.17) is 4.74 Å². The maximum atomic E-state index is 12.6. The fourth-order valence-electron chi connectivity index (χ4n) is 3.14. The molecule has 28 heavy (non-hydrogen) atoms. The minimum Gasteiger partial charge on any atom is -0.489 e. The molecule has 1 heterocycles. The molecule has 0 N–H and O–H groups in total. The van der Waals surface area contributed by atoms with Gasteiger partial charge in [-0.05, 0) is 36.9 Å². The zero-order valence-corrected chi connectivity index (χ0v) is 16.5. The zero-order chi connectivity index (χ0) is 19.9. The van der Waals surface area contributed by atoms with Crippen LogP contribution in [0.1, 0.15) is 12.5 Å². The number of piperazine rings is 1. The monoisotopic (exact) mass is 381 g/mol. The minimum absolute atomic E-state index is 0.0206. The number of benzene rings is 2. The van der Waals surface area contributed by atoms with Gasteiger partial charge in [-0.15, -0.1) is 0 Å². The second kappa shape index (κ2) is 9.37. The first-order valence-electron chi connectivity index (χ1n) is 9.54. The van der Waals surface area contributed by atoms with Crippen LogP contribution >= 0.6 is 0 Å². The first-order valence-corrected chi connectivity index (χ1v) is 9.54. The second-order valence-corrected chi connectivity index (χ2v) is 7.06. The van der Waals surface area contributed by atoms with Crippen LogP contribution in [0.2, 0.25) is 0 Å². The molecule has 1 fully saturated rings. The maximum Gasteiger partial charge on any atom is 0.242 e. The molecule has 0 spiro atoms. The molecule has 148 valence electrons. The van der Waals surface area contributed by atoms with E-state index in [2.05, 4.69) is 4.90 Å². The number of carbonyl (C=O) groups excluding carboxylic acids is 2. The van der Waals surface area contributed by atoms with E-state index in [1.54, 1.807) is 0 Å². The Labute approximate surface area is 166 Å². The van der Waals surface area contributed by atoms with E-state index in [1.165, 1.54) is 11.8 Å². The second-order valence-electron chi connectivity index (χ2n) is 7.06. The summed E-state index contributed by atoms with van der Waals surface area (Å²) in [4.78, 5) is 30.3. The molecule has 1 aliphatic rings. The Morgan fingerprint density at radius 3 is 2.21 bits per heavy atom. The third-order valence-electron chi connectivity index (χ3n) is 4.93. The normalized spacial score (nSPS) is 14.6. The summed E-state index contributed by atoms with van der Waals surface area (Å²) in [6.07, 6.45) is 0. The Balaban J connectivity index is 1.60. The molecule has 2 aromatic carbocycles. The Bertz CT molecular complexity index is 784. The van der Waals surface area contributed by atoms with Crippen molar-refractivity contribution in [3.63, 3.8) is 0 Å². The Morgan fingerprint density at radius 2 is 1.61 bits per heavy atom. The average Bonchev–Trinajstić information content (AvgIpc) is 2.72. The van der Waals surface area contributed by atoms with Gasteiger partial charge in [0.2, 0.25) is 11.8 Å².